The Labute approximate surface area is 162 Å². The van der Waals surface area contributed by atoms with Gasteiger partial charge in [0.05, 0.1) is 5.92 Å². The van der Waals surface area contributed by atoms with Gasteiger partial charge in [-0.25, -0.2) is 0 Å². The van der Waals surface area contributed by atoms with Crippen molar-refractivity contribution in [2.45, 2.75) is 65.8 Å². The quantitative estimate of drug-likeness (QED) is 0.593. The molecule has 1 fully saturated rings. The van der Waals surface area contributed by atoms with Gasteiger partial charge in [0.25, 0.3) is 0 Å². The fourth-order valence-electron chi connectivity index (χ4n) is 3.72. The van der Waals surface area contributed by atoms with Gasteiger partial charge in [0, 0.05) is 31.0 Å². The summed E-state index contributed by atoms with van der Waals surface area (Å²) in [5.41, 5.74) is 3.12. The highest BCUT2D eigenvalue weighted by molar-refractivity contribution is 6.12. The van der Waals surface area contributed by atoms with Gasteiger partial charge in [-0.3, -0.25) is 14.4 Å². The van der Waals surface area contributed by atoms with Crippen molar-refractivity contribution in [2.75, 3.05) is 7.05 Å². The van der Waals surface area contributed by atoms with Crippen molar-refractivity contribution >= 4 is 17.5 Å². The lowest BCUT2D eigenvalue weighted by Gasteiger charge is -2.36. The number of ketones is 2. The van der Waals surface area contributed by atoms with Crippen LogP contribution in [0.2, 0.25) is 0 Å². The van der Waals surface area contributed by atoms with Crippen LogP contribution in [0.1, 0.15) is 68.7 Å². The second-order valence-corrected chi connectivity index (χ2v) is 8.44. The van der Waals surface area contributed by atoms with Crippen LogP contribution >= 0.6 is 0 Å². The van der Waals surface area contributed by atoms with Gasteiger partial charge in [-0.05, 0) is 70.4 Å². The first-order chi connectivity index (χ1) is 12.5. The zero-order chi connectivity index (χ0) is 20.5. The van der Waals surface area contributed by atoms with E-state index in [0.717, 1.165) is 22.3 Å². The van der Waals surface area contributed by atoms with Crippen molar-refractivity contribution in [1.82, 2.24) is 4.90 Å². The summed E-state index contributed by atoms with van der Waals surface area (Å²) in [5, 5.41) is 0. The third-order valence-electron chi connectivity index (χ3n) is 5.38. The number of hydrogen-bond acceptors (Lipinski definition) is 3. The van der Waals surface area contributed by atoms with E-state index in [0.29, 0.717) is 0 Å². The highest BCUT2D eigenvalue weighted by atomic mass is 16.2. The van der Waals surface area contributed by atoms with Crippen molar-refractivity contribution in [3.63, 3.8) is 0 Å². The number of rotatable bonds is 2. The molecule has 1 aliphatic carbocycles. The summed E-state index contributed by atoms with van der Waals surface area (Å²) in [7, 11) is 1.73. The van der Waals surface area contributed by atoms with Crippen molar-refractivity contribution in [1.29, 1.82) is 0 Å². The summed E-state index contributed by atoms with van der Waals surface area (Å²) in [5.74, 6) is 4.11. The Balaban J connectivity index is 2.32. The van der Waals surface area contributed by atoms with Crippen LogP contribution in [0.25, 0.3) is 0 Å². The van der Waals surface area contributed by atoms with Crippen LogP contribution in [0.5, 0.6) is 0 Å². The highest BCUT2D eigenvalue weighted by Gasteiger charge is 2.42. The van der Waals surface area contributed by atoms with Crippen LogP contribution in [0.4, 0.5) is 0 Å². The first kappa shape index (κ1) is 20.9. The molecule has 1 saturated carbocycles. The van der Waals surface area contributed by atoms with Crippen LogP contribution in [0, 0.1) is 31.6 Å². The molecule has 1 aliphatic rings. The summed E-state index contributed by atoms with van der Waals surface area (Å²) in [6.07, 6.45) is 0.232. The molecule has 0 N–H and O–H groups in total. The highest BCUT2D eigenvalue weighted by Crippen LogP contribution is 2.35. The molecule has 2 rings (SSSR count). The molecule has 1 amide bonds. The number of carbonyl (C=O) groups excluding carboxylic acids is 3. The molecule has 0 aromatic heterocycles. The topological polar surface area (TPSA) is 54.5 Å². The van der Waals surface area contributed by atoms with Crippen LogP contribution in [-0.4, -0.2) is 35.0 Å². The second kappa shape index (κ2) is 7.68. The number of carbonyl (C=O) groups is 3. The zero-order valence-corrected chi connectivity index (χ0v) is 17.4. The monoisotopic (exact) mass is 367 g/mol. The van der Waals surface area contributed by atoms with Gasteiger partial charge in [-0.15, -0.1) is 5.92 Å². The first-order valence-corrected chi connectivity index (χ1v) is 9.34. The molecule has 0 bridgehead atoms. The summed E-state index contributed by atoms with van der Waals surface area (Å²) in [6, 6.07) is 3.84. The fourth-order valence-corrected chi connectivity index (χ4v) is 3.72. The third kappa shape index (κ3) is 4.30. The lowest BCUT2D eigenvalue weighted by Crippen LogP contribution is -2.48. The number of hydrogen-bond donors (Lipinski definition) is 0. The minimum atomic E-state index is -0.766. The molecule has 144 valence electrons. The molecule has 4 nitrogen and oxygen atoms in total. The van der Waals surface area contributed by atoms with Crippen molar-refractivity contribution in [2.24, 2.45) is 5.92 Å². The molecule has 0 heterocycles. The number of aryl methyl sites for hydroxylation is 2. The van der Waals surface area contributed by atoms with E-state index < -0.39 is 11.8 Å². The molecular weight excluding hydrogens is 338 g/mol. The van der Waals surface area contributed by atoms with Gasteiger partial charge < -0.3 is 4.90 Å². The van der Waals surface area contributed by atoms with E-state index in [4.69, 9.17) is 0 Å². The maximum atomic E-state index is 12.9. The lowest BCUT2D eigenvalue weighted by atomic mass is 9.73. The molecule has 1 aromatic rings. The minimum Gasteiger partial charge on any atom is -0.341 e. The Morgan fingerprint density at radius 3 is 1.96 bits per heavy atom. The molecule has 0 atom stereocenters. The average molecular weight is 367 g/mol. The Bertz CT molecular complexity index is 808. The smallest absolute Gasteiger partial charge is 0.226 e. The molecule has 0 saturated heterocycles. The van der Waals surface area contributed by atoms with Crippen molar-refractivity contribution < 1.29 is 14.4 Å². The maximum absolute atomic E-state index is 12.9. The van der Waals surface area contributed by atoms with Gasteiger partial charge in [-0.1, -0.05) is 5.92 Å². The number of Topliss-reactive ketones (excluding diaryl/α,β-unsaturated/α-hetero) is 2. The van der Waals surface area contributed by atoms with Crippen LogP contribution in [0.15, 0.2) is 12.1 Å². The molecule has 1 aromatic carbocycles. The summed E-state index contributed by atoms with van der Waals surface area (Å²) < 4.78 is 0. The van der Waals surface area contributed by atoms with E-state index in [-0.39, 0.29) is 35.9 Å². The van der Waals surface area contributed by atoms with E-state index in [1.54, 1.807) is 18.9 Å². The molecule has 4 heteroatoms. The standard InChI is InChI=1S/C23H29NO3/c1-8-9-16-10-14(2)20(15(3)11-16)21-18(25)12-17(13-19(21)26)22(27)24(7)23(4,5)6/h10-11,17,21H,12-13H2,1-7H3. The SMILES string of the molecule is CC#Cc1cc(C)c(C2C(=O)CC(C(=O)N(C)C(C)(C)C)CC2=O)c(C)c1. The number of amides is 1. The van der Waals surface area contributed by atoms with E-state index in [1.165, 1.54) is 0 Å². The largest absolute Gasteiger partial charge is 0.341 e. The van der Waals surface area contributed by atoms with Gasteiger partial charge >= 0.3 is 0 Å². The van der Waals surface area contributed by atoms with E-state index in [2.05, 4.69) is 11.8 Å². The second-order valence-electron chi connectivity index (χ2n) is 8.44. The van der Waals surface area contributed by atoms with Gasteiger partial charge in [0.2, 0.25) is 5.91 Å². The van der Waals surface area contributed by atoms with Gasteiger partial charge in [0.15, 0.2) is 0 Å². The fraction of sp³-hybridized carbons (Fsp3) is 0.522. The maximum Gasteiger partial charge on any atom is 0.226 e. The Morgan fingerprint density at radius 2 is 1.56 bits per heavy atom. The Kier molecular flexibility index (Phi) is 5.94. The van der Waals surface area contributed by atoms with E-state index in [9.17, 15) is 14.4 Å². The van der Waals surface area contributed by atoms with Gasteiger partial charge in [-0.2, -0.15) is 0 Å². The normalized spacial score (nSPS) is 20.1. The molecule has 0 spiro atoms. The number of nitrogens with zero attached hydrogens (tertiary/aromatic N) is 1. The molecule has 27 heavy (non-hydrogen) atoms. The summed E-state index contributed by atoms with van der Waals surface area (Å²) >= 11 is 0. The van der Waals surface area contributed by atoms with E-state index >= 15 is 0 Å². The Morgan fingerprint density at radius 1 is 1.07 bits per heavy atom. The summed E-state index contributed by atoms with van der Waals surface area (Å²) in [4.78, 5) is 40.1. The predicted octanol–water partition coefficient (Wildman–Crippen LogP) is 3.56. The average Bonchev–Trinajstić information content (AvgIpc) is 2.54. The van der Waals surface area contributed by atoms with Crippen LogP contribution in [-0.2, 0) is 14.4 Å². The molecule has 0 unspecified atom stereocenters. The molecular formula is C23H29NO3. The van der Waals surface area contributed by atoms with E-state index in [1.807, 2.05) is 46.8 Å². The van der Waals surface area contributed by atoms with Crippen molar-refractivity contribution in [3.8, 4) is 11.8 Å². The van der Waals surface area contributed by atoms with Crippen LogP contribution in [0.3, 0.4) is 0 Å². The van der Waals surface area contributed by atoms with Gasteiger partial charge in [0.1, 0.15) is 17.5 Å². The summed E-state index contributed by atoms with van der Waals surface area (Å²) in [6.45, 7) is 11.4. The molecule has 0 aliphatic heterocycles. The Hall–Kier alpha value is -2.41. The molecule has 0 radical (unpaired) electrons. The number of benzene rings is 1. The lowest BCUT2D eigenvalue weighted by molar-refractivity contribution is -0.146. The van der Waals surface area contributed by atoms with Crippen molar-refractivity contribution in [3.05, 3.63) is 34.4 Å². The first-order valence-electron chi connectivity index (χ1n) is 9.34. The predicted molar refractivity (Wildman–Crippen MR) is 106 cm³/mol. The minimum absolute atomic E-state index is 0.116. The third-order valence-corrected chi connectivity index (χ3v) is 5.38. The zero-order valence-electron chi connectivity index (χ0n) is 17.4. The van der Waals surface area contributed by atoms with Crippen LogP contribution < -0.4 is 0 Å².